The molecule has 13 heavy (non-hydrogen) atoms. The van der Waals surface area contributed by atoms with E-state index in [0.29, 0.717) is 6.54 Å². The van der Waals surface area contributed by atoms with E-state index in [1.165, 1.54) is 0 Å². The molecule has 0 saturated heterocycles. The van der Waals surface area contributed by atoms with Gasteiger partial charge in [0.25, 0.3) is 0 Å². The molecule has 72 valence electrons. The lowest BCUT2D eigenvalue weighted by Crippen LogP contribution is -2.33. The van der Waals surface area contributed by atoms with Crippen LogP contribution in [0.3, 0.4) is 0 Å². The Morgan fingerprint density at radius 3 is 3.00 bits per heavy atom. The summed E-state index contributed by atoms with van der Waals surface area (Å²) in [5.74, 6) is -0.845. The van der Waals surface area contributed by atoms with Crippen molar-refractivity contribution in [2.24, 2.45) is 7.05 Å². The van der Waals surface area contributed by atoms with Gasteiger partial charge in [0, 0.05) is 19.8 Å². The molecular weight excluding hydrogens is 170 g/mol. The van der Waals surface area contributed by atoms with Crippen molar-refractivity contribution in [3.05, 3.63) is 18.2 Å². The van der Waals surface area contributed by atoms with Crippen LogP contribution in [0.1, 0.15) is 12.6 Å². The van der Waals surface area contributed by atoms with Gasteiger partial charge in [-0.25, -0.2) is 4.98 Å². The van der Waals surface area contributed by atoms with Crippen molar-refractivity contribution < 1.29 is 9.90 Å². The molecule has 0 bridgehead atoms. The molecule has 0 aromatic carbocycles. The van der Waals surface area contributed by atoms with Crippen LogP contribution in [-0.4, -0.2) is 26.7 Å². The third-order valence-electron chi connectivity index (χ3n) is 1.88. The molecule has 1 heterocycles. The van der Waals surface area contributed by atoms with E-state index >= 15 is 0 Å². The third-order valence-corrected chi connectivity index (χ3v) is 1.88. The lowest BCUT2D eigenvalue weighted by atomic mass is 10.3. The minimum atomic E-state index is -0.845. The summed E-state index contributed by atoms with van der Waals surface area (Å²) in [7, 11) is 1.87. The van der Waals surface area contributed by atoms with Crippen molar-refractivity contribution in [2.45, 2.75) is 19.5 Å². The molecule has 1 rings (SSSR count). The molecule has 0 spiro atoms. The topological polar surface area (TPSA) is 67.2 Å². The quantitative estimate of drug-likeness (QED) is 0.688. The number of aliphatic carboxylic acids is 1. The predicted octanol–water partition coefficient (Wildman–Crippen LogP) is -0.0172. The zero-order valence-electron chi connectivity index (χ0n) is 7.69. The van der Waals surface area contributed by atoms with Gasteiger partial charge in [0.15, 0.2) is 0 Å². The van der Waals surface area contributed by atoms with E-state index in [0.717, 1.165) is 5.69 Å². The fourth-order valence-corrected chi connectivity index (χ4v) is 0.900. The van der Waals surface area contributed by atoms with Crippen molar-refractivity contribution in [1.82, 2.24) is 14.9 Å². The van der Waals surface area contributed by atoms with Crippen molar-refractivity contribution in [1.29, 1.82) is 0 Å². The van der Waals surface area contributed by atoms with Crippen LogP contribution in [-0.2, 0) is 18.4 Å². The molecule has 1 aromatic rings. The monoisotopic (exact) mass is 183 g/mol. The predicted molar refractivity (Wildman–Crippen MR) is 47.1 cm³/mol. The fraction of sp³-hybridized carbons (Fsp3) is 0.500. The van der Waals surface area contributed by atoms with Crippen molar-refractivity contribution in [2.75, 3.05) is 0 Å². The molecule has 0 fully saturated rings. The van der Waals surface area contributed by atoms with Gasteiger partial charge in [0.2, 0.25) is 0 Å². The van der Waals surface area contributed by atoms with Gasteiger partial charge in [0.1, 0.15) is 6.04 Å². The normalized spacial score (nSPS) is 12.8. The highest BCUT2D eigenvalue weighted by atomic mass is 16.4. The number of hydrogen-bond acceptors (Lipinski definition) is 3. The summed E-state index contributed by atoms with van der Waals surface area (Å²) in [6.07, 6.45) is 3.39. The Bertz CT molecular complexity index is 295. The van der Waals surface area contributed by atoms with E-state index in [1.807, 2.05) is 11.6 Å². The molecule has 5 heteroatoms. The number of nitrogens with zero attached hydrogens (tertiary/aromatic N) is 2. The molecule has 0 radical (unpaired) electrons. The average molecular weight is 183 g/mol. The summed E-state index contributed by atoms with van der Waals surface area (Å²) >= 11 is 0. The van der Waals surface area contributed by atoms with Crippen molar-refractivity contribution >= 4 is 5.97 Å². The SMILES string of the molecule is C[C@H](NCc1cncn1C)C(=O)O. The second kappa shape index (κ2) is 4.04. The summed E-state index contributed by atoms with van der Waals surface area (Å²) in [6, 6.07) is -0.532. The van der Waals surface area contributed by atoms with E-state index < -0.39 is 12.0 Å². The first kappa shape index (κ1) is 9.73. The largest absolute Gasteiger partial charge is 0.480 e. The lowest BCUT2D eigenvalue weighted by molar-refractivity contribution is -0.139. The molecule has 0 amide bonds. The maximum absolute atomic E-state index is 10.5. The maximum atomic E-state index is 10.5. The summed E-state index contributed by atoms with van der Waals surface area (Å²) in [6.45, 7) is 2.13. The molecule has 0 aliphatic rings. The van der Waals surface area contributed by atoms with Crippen LogP contribution in [0.25, 0.3) is 0 Å². The highest BCUT2D eigenvalue weighted by Gasteiger charge is 2.09. The average Bonchev–Trinajstić information content (AvgIpc) is 2.47. The van der Waals surface area contributed by atoms with Gasteiger partial charge >= 0.3 is 5.97 Å². The van der Waals surface area contributed by atoms with E-state index in [2.05, 4.69) is 10.3 Å². The number of carboxylic acids is 1. The Morgan fingerprint density at radius 2 is 2.54 bits per heavy atom. The van der Waals surface area contributed by atoms with Crippen LogP contribution in [0, 0.1) is 0 Å². The Labute approximate surface area is 76.4 Å². The second-order valence-corrected chi connectivity index (χ2v) is 2.94. The van der Waals surface area contributed by atoms with E-state index in [4.69, 9.17) is 5.11 Å². The van der Waals surface area contributed by atoms with Crippen LogP contribution in [0.2, 0.25) is 0 Å². The summed E-state index contributed by atoms with van der Waals surface area (Å²) < 4.78 is 1.85. The first-order valence-electron chi connectivity index (χ1n) is 4.02. The number of nitrogens with one attached hydrogen (secondary N) is 1. The number of aromatic nitrogens is 2. The zero-order chi connectivity index (χ0) is 9.84. The summed E-state index contributed by atoms with van der Waals surface area (Å²) in [4.78, 5) is 14.4. The van der Waals surface area contributed by atoms with Gasteiger partial charge < -0.3 is 9.67 Å². The number of rotatable bonds is 4. The van der Waals surface area contributed by atoms with E-state index in [9.17, 15) is 4.79 Å². The molecule has 2 N–H and O–H groups in total. The van der Waals surface area contributed by atoms with E-state index in [-0.39, 0.29) is 0 Å². The van der Waals surface area contributed by atoms with Crippen molar-refractivity contribution in [3.63, 3.8) is 0 Å². The van der Waals surface area contributed by atoms with Gasteiger partial charge in [-0.05, 0) is 6.92 Å². The number of carbonyl (C=O) groups is 1. The smallest absolute Gasteiger partial charge is 0.320 e. The summed E-state index contributed by atoms with van der Waals surface area (Å²) in [5.41, 5.74) is 0.966. The number of aryl methyl sites for hydroxylation is 1. The van der Waals surface area contributed by atoms with Crippen LogP contribution < -0.4 is 5.32 Å². The Balaban J connectivity index is 2.44. The van der Waals surface area contributed by atoms with Crippen LogP contribution in [0.5, 0.6) is 0 Å². The van der Waals surface area contributed by atoms with Gasteiger partial charge in [-0.1, -0.05) is 0 Å². The molecule has 1 aromatic heterocycles. The highest BCUT2D eigenvalue weighted by molar-refractivity contribution is 5.72. The third kappa shape index (κ3) is 2.55. The van der Waals surface area contributed by atoms with Gasteiger partial charge in [-0.3, -0.25) is 10.1 Å². The van der Waals surface area contributed by atoms with Gasteiger partial charge in [-0.2, -0.15) is 0 Å². The molecule has 1 atom stereocenters. The second-order valence-electron chi connectivity index (χ2n) is 2.94. The molecular formula is C8H13N3O2. The standard InChI is InChI=1S/C8H13N3O2/c1-6(8(12)13)10-4-7-3-9-5-11(7)2/h3,5-6,10H,4H2,1-2H3,(H,12,13)/t6-/m0/s1. The van der Waals surface area contributed by atoms with E-state index in [1.54, 1.807) is 19.4 Å². The summed E-state index contributed by atoms with van der Waals surface area (Å²) in [5, 5.41) is 11.5. The first-order chi connectivity index (χ1) is 6.11. The lowest BCUT2D eigenvalue weighted by Gasteiger charge is -2.08. The Morgan fingerprint density at radius 1 is 1.85 bits per heavy atom. The molecule has 0 saturated carbocycles. The number of imidazole rings is 1. The van der Waals surface area contributed by atoms with Gasteiger partial charge in [-0.15, -0.1) is 0 Å². The van der Waals surface area contributed by atoms with Crippen LogP contribution in [0.4, 0.5) is 0 Å². The number of hydrogen-bond donors (Lipinski definition) is 2. The maximum Gasteiger partial charge on any atom is 0.320 e. The van der Waals surface area contributed by atoms with Crippen LogP contribution >= 0.6 is 0 Å². The Kier molecular flexibility index (Phi) is 3.02. The molecule has 5 nitrogen and oxygen atoms in total. The zero-order valence-corrected chi connectivity index (χ0v) is 7.69. The van der Waals surface area contributed by atoms with Crippen molar-refractivity contribution in [3.8, 4) is 0 Å². The molecule has 0 aliphatic heterocycles. The highest BCUT2D eigenvalue weighted by Crippen LogP contribution is 1.95. The molecule has 0 aliphatic carbocycles. The molecule has 0 unspecified atom stereocenters. The van der Waals surface area contributed by atoms with Gasteiger partial charge in [0.05, 0.1) is 12.0 Å². The Hall–Kier alpha value is -1.36. The number of carboxylic acid groups (broad SMARTS) is 1. The minimum Gasteiger partial charge on any atom is -0.480 e. The first-order valence-corrected chi connectivity index (χ1v) is 4.02. The fourth-order valence-electron chi connectivity index (χ4n) is 0.900. The minimum absolute atomic E-state index is 0.518. The van der Waals surface area contributed by atoms with Crippen LogP contribution in [0.15, 0.2) is 12.5 Å².